The van der Waals surface area contributed by atoms with E-state index < -0.39 is 0 Å². The lowest BCUT2D eigenvalue weighted by atomic mass is 9.99. The molecule has 3 aliphatic rings. The third-order valence-electron chi connectivity index (χ3n) is 5.13. The molecule has 1 atom stereocenters. The molecule has 0 spiro atoms. The summed E-state index contributed by atoms with van der Waals surface area (Å²) in [5.74, 6) is 1.11. The molecule has 98 valence electrons. The van der Waals surface area contributed by atoms with Gasteiger partial charge in [0, 0.05) is 12.6 Å². The van der Waals surface area contributed by atoms with Crippen LogP contribution in [0.3, 0.4) is 0 Å². The van der Waals surface area contributed by atoms with Crippen LogP contribution >= 0.6 is 0 Å². The Morgan fingerprint density at radius 2 is 2.00 bits per heavy atom. The predicted octanol–water partition coefficient (Wildman–Crippen LogP) is 2.69. The second kappa shape index (κ2) is 5.27. The molecule has 2 saturated carbocycles. The molecule has 2 N–H and O–H groups in total. The summed E-state index contributed by atoms with van der Waals surface area (Å²) < 4.78 is 0. The van der Waals surface area contributed by atoms with E-state index in [1.165, 1.54) is 77.4 Å². The normalized spacial score (nSPS) is 31.4. The highest BCUT2D eigenvalue weighted by atomic mass is 14.9. The Morgan fingerprint density at radius 3 is 2.65 bits per heavy atom. The van der Waals surface area contributed by atoms with E-state index in [2.05, 4.69) is 10.6 Å². The van der Waals surface area contributed by atoms with Crippen LogP contribution in [0.15, 0.2) is 0 Å². The lowest BCUT2D eigenvalue weighted by Gasteiger charge is -2.23. The Morgan fingerprint density at radius 1 is 1.12 bits per heavy atom. The van der Waals surface area contributed by atoms with E-state index in [0.29, 0.717) is 0 Å². The van der Waals surface area contributed by atoms with Crippen molar-refractivity contribution in [2.24, 2.45) is 11.3 Å². The van der Waals surface area contributed by atoms with Crippen LogP contribution in [0.1, 0.15) is 57.8 Å². The quantitative estimate of drug-likeness (QED) is 0.664. The Bertz CT molecular complexity index is 237. The Labute approximate surface area is 106 Å². The average molecular weight is 236 g/mol. The van der Waals surface area contributed by atoms with Gasteiger partial charge in [0.2, 0.25) is 0 Å². The van der Waals surface area contributed by atoms with Crippen LogP contribution in [0, 0.1) is 11.3 Å². The van der Waals surface area contributed by atoms with Crippen molar-refractivity contribution in [1.29, 1.82) is 0 Å². The molecule has 3 fully saturated rings. The monoisotopic (exact) mass is 236 g/mol. The number of hydrogen-bond donors (Lipinski definition) is 2. The first kappa shape index (κ1) is 12.0. The zero-order valence-corrected chi connectivity index (χ0v) is 11.1. The van der Waals surface area contributed by atoms with Crippen molar-refractivity contribution in [3.05, 3.63) is 0 Å². The highest BCUT2D eigenvalue weighted by molar-refractivity contribution is 5.04. The first-order chi connectivity index (χ1) is 8.39. The largest absolute Gasteiger partial charge is 0.316 e. The summed E-state index contributed by atoms with van der Waals surface area (Å²) in [4.78, 5) is 0. The smallest absolute Gasteiger partial charge is 0.00675 e. The van der Waals surface area contributed by atoms with Gasteiger partial charge in [-0.25, -0.2) is 0 Å². The SMILES string of the molecule is C1CCC(CCCNCC2(C3CC3)CC2)NC1. The second-order valence-corrected chi connectivity index (χ2v) is 6.60. The molecule has 1 aliphatic heterocycles. The van der Waals surface area contributed by atoms with Gasteiger partial charge in [-0.05, 0) is 75.8 Å². The Balaban J connectivity index is 1.23. The van der Waals surface area contributed by atoms with Crippen LogP contribution in [-0.2, 0) is 0 Å². The van der Waals surface area contributed by atoms with E-state index in [1.54, 1.807) is 0 Å². The second-order valence-electron chi connectivity index (χ2n) is 6.60. The first-order valence-electron chi connectivity index (χ1n) is 7.83. The number of piperidine rings is 1. The molecule has 17 heavy (non-hydrogen) atoms. The van der Waals surface area contributed by atoms with Gasteiger partial charge in [-0.1, -0.05) is 6.42 Å². The van der Waals surface area contributed by atoms with E-state index in [9.17, 15) is 0 Å². The molecule has 2 heteroatoms. The molecule has 0 aromatic heterocycles. The van der Waals surface area contributed by atoms with Crippen LogP contribution in [0.4, 0.5) is 0 Å². The molecule has 2 nitrogen and oxygen atoms in total. The van der Waals surface area contributed by atoms with Gasteiger partial charge in [0.1, 0.15) is 0 Å². The molecule has 0 amide bonds. The molecule has 0 radical (unpaired) electrons. The molecule has 1 saturated heterocycles. The fraction of sp³-hybridized carbons (Fsp3) is 1.00. The number of rotatable bonds is 7. The minimum Gasteiger partial charge on any atom is -0.316 e. The fourth-order valence-corrected chi connectivity index (χ4v) is 3.57. The molecule has 0 aromatic rings. The Kier molecular flexibility index (Phi) is 3.72. The van der Waals surface area contributed by atoms with Crippen LogP contribution in [0.2, 0.25) is 0 Å². The van der Waals surface area contributed by atoms with Gasteiger partial charge in [0.05, 0.1) is 0 Å². The number of hydrogen-bond acceptors (Lipinski definition) is 2. The van der Waals surface area contributed by atoms with E-state index in [-0.39, 0.29) is 0 Å². The van der Waals surface area contributed by atoms with Crippen LogP contribution in [-0.4, -0.2) is 25.7 Å². The molecule has 3 rings (SSSR count). The molecule has 1 heterocycles. The highest BCUT2D eigenvalue weighted by Crippen LogP contribution is 2.60. The van der Waals surface area contributed by atoms with Crippen molar-refractivity contribution in [2.75, 3.05) is 19.6 Å². The summed E-state index contributed by atoms with van der Waals surface area (Å²) in [5.41, 5.74) is 0.781. The van der Waals surface area contributed by atoms with Crippen molar-refractivity contribution in [1.82, 2.24) is 10.6 Å². The lowest BCUT2D eigenvalue weighted by Crippen LogP contribution is -2.34. The average Bonchev–Trinajstić information content (AvgIpc) is 3.23. The summed E-state index contributed by atoms with van der Waals surface area (Å²) in [6, 6.07) is 0.823. The topological polar surface area (TPSA) is 24.1 Å². The summed E-state index contributed by atoms with van der Waals surface area (Å²) in [6.45, 7) is 3.81. The van der Waals surface area contributed by atoms with E-state index >= 15 is 0 Å². The minimum absolute atomic E-state index is 0.781. The summed E-state index contributed by atoms with van der Waals surface area (Å²) >= 11 is 0. The van der Waals surface area contributed by atoms with Crippen LogP contribution in [0.25, 0.3) is 0 Å². The van der Waals surface area contributed by atoms with E-state index in [1.807, 2.05) is 0 Å². The van der Waals surface area contributed by atoms with Gasteiger partial charge in [-0.15, -0.1) is 0 Å². The van der Waals surface area contributed by atoms with Crippen LogP contribution < -0.4 is 10.6 Å². The van der Waals surface area contributed by atoms with Crippen molar-refractivity contribution >= 4 is 0 Å². The van der Waals surface area contributed by atoms with Gasteiger partial charge < -0.3 is 10.6 Å². The molecule has 2 aliphatic carbocycles. The molecular formula is C15H28N2. The fourth-order valence-electron chi connectivity index (χ4n) is 3.57. The van der Waals surface area contributed by atoms with Crippen molar-refractivity contribution < 1.29 is 0 Å². The van der Waals surface area contributed by atoms with Crippen molar-refractivity contribution in [2.45, 2.75) is 63.8 Å². The van der Waals surface area contributed by atoms with Crippen molar-refractivity contribution in [3.8, 4) is 0 Å². The minimum atomic E-state index is 0.781. The lowest BCUT2D eigenvalue weighted by molar-refractivity contribution is 0.362. The van der Waals surface area contributed by atoms with Gasteiger partial charge in [0.15, 0.2) is 0 Å². The Hall–Kier alpha value is -0.0800. The van der Waals surface area contributed by atoms with Crippen LogP contribution in [0.5, 0.6) is 0 Å². The van der Waals surface area contributed by atoms with Gasteiger partial charge in [0.25, 0.3) is 0 Å². The zero-order valence-electron chi connectivity index (χ0n) is 11.1. The standard InChI is InChI=1S/C15H28N2/c1-2-11-17-14(4-1)5-3-10-16-12-15(8-9-15)13-6-7-13/h13-14,16-17H,1-12H2. The third kappa shape index (κ3) is 3.23. The molecule has 1 unspecified atom stereocenters. The predicted molar refractivity (Wildman–Crippen MR) is 72.1 cm³/mol. The van der Waals surface area contributed by atoms with Gasteiger partial charge in [-0.2, -0.15) is 0 Å². The number of nitrogens with one attached hydrogen (secondary N) is 2. The van der Waals surface area contributed by atoms with Gasteiger partial charge in [-0.3, -0.25) is 0 Å². The molecule has 0 bridgehead atoms. The maximum absolute atomic E-state index is 3.72. The molecule has 0 aromatic carbocycles. The summed E-state index contributed by atoms with van der Waals surface area (Å²) in [5, 5.41) is 7.36. The first-order valence-corrected chi connectivity index (χ1v) is 7.83. The summed E-state index contributed by atoms with van der Waals surface area (Å²) in [7, 11) is 0. The van der Waals surface area contributed by atoms with E-state index in [0.717, 1.165) is 17.4 Å². The summed E-state index contributed by atoms with van der Waals surface area (Å²) in [6.07, 6.45) is 13.0. The zero-order chi connectivity index (χ0) is 11.6. The van der Waals surface area contributed by atoms with Crippen molar-refractivity contribution in [3.63, 3.8) is 0 Å². The maximum Gasteiger partial charge on any atom is 0.00675 e. The highest BCUT2D eigenvalue weighted by Gasteiger charge is 2.52. The van der Waals surface area contributed by atoms with E-state index in [4.69, 9.17) is 0 Å². The van der Waals surface area contributed by atoms with Gasteiger partial charge >= 0.3 is 0 Å². The third-order valence-corrected chi connectivity index (χ3v) is 5.13. The molecular weight excluding hydrogens is 208 g/mol. The maximum atomic E-state index is 3.72.